The van der Waals surface area contributed by atoms with Crippen molar-refractivity contribution in [3.8, 4) is 16.5 Å². The normalized spacial score (nSPS) is 24.5. The SMILES string of the molecule is N#CC1(NC(=O)[C@@H]2CCCC[C@H]2c2nc(C(O)C(F)(F)F)sc2-c2ccc(N3CC[S+]([O-])CC3)cc2)CC1. The van der Waals surface area contributed by atoms with Gasteiger partial charge in [0.05, 0.1) is 29.7 Å². The molecule has 1 aromatic heterocycles. The number of nitrogens with one attached hydrogen (secondary N) is 1. The molecule has 1 aromatic carbocycles. The van der Waals surface area contributed by atoms with Crippen molar-refractivity contribution in [3.05, 3.63) is 35.0 Å². The first-order chi connectivity index (χ1) is 18.1. The number of carbonyl (C=O) groups is 1. The molecule has 3 aliphatic rings. The molecule has 0 bridgehead atoms. The lowest BCUT2D eigenvalue weighted by molar-refractivity contribution is -0.206. The Morgan fingerprint density at radius 3 is 2.50 bits per heavy atom. The number of nitrogens with zero attached hydrogens (tertiary/aromatic N) is 3. The average molecular weight is 567 g/mol. The molecule has 2 saturated carbocycles. The van der Waals surface area contributed by atoms with Crippen LogP contribution in [0, 0.1) is 17.2 Å². The number of aromatic nitrogens is 1. The number of hydrogen-bond donors (Lipinski definition) is 2. The molecule has 0 radical (unpaired) electrons. The van der Waals surface area contributed by atoms with Crippen LogP contribution >= 0.6 is 11.3 Å². The highest BCUT2D eigenvalue weighted by molar-refractivity contribution is 7.91. The van der Waals surface area contributed by atoms with Crippen LogP contribution in [0.15, 0.2) is 24.3 Å². The van der Waals surface area contributed by atoms with Crippen molar-refractivity contribution in [1.82, 2.24) is 10.3 Å². The fourth-order valence-electron chi connectivity index (χ4n) is 5.27. The first kappa shape index (κ1) is 27.2. The van der Waals surface area contributed by atoms with Crippen LogP contribution in [0.5, 0.6) is 0 Å². The van der Waals surface area contributed by atoms with Gasteiger partial charge in [0.2, 0.25) is 12.0 Å². The summed E-state index contributed by atoms with van der Waals surface area (Å²) in [6, 6.07) is 9.60. The van der Waals surface area contributed by atoms with Gasteiger partial charge in [-0.3, -0.25) is 4.79 Å². The molecular weight excluding hydrogens is 537 g/mol. The molecule has 2 N–H and O–H groups in total. The first-order valence-electron chi connectivity index (χ1n) is 12.8. The van der Waals surface area contributed by atoms with Crippen LogP contribution in [0.25, 0.3) is 10.4 Å². The number of carbonyl (C=O) groups excluding carboxylic acids is 1. The topological polar surface area (TPSA) is 112 Å². The van der Waals surface area contributed by atoms with Gasteiger partial charge in [0, 0.05) is 17.5 Å². The van der Waals surface area contributed by atoms with Crippen LogP contribution in [0.3, 0.4) is 0 Å². The Labute approximate surface area is 226 Å². The standard InChI is InChI=1S/C26H29F3N4O3S2/c27-26(28,29)22(34)24-31-20(18-3-1-2-4-19(18)23(35)32-25(15-30)9-10-25)21(37-24)16-5-7-17(8-6-16)33-11-13-38(36)14-12-33/h5-8,18-19,22,34H,1-4,9-14H2,(H,32,35)/t18-,19-,22?/m1/s1. The average Bonchev–Trinajstić information content (AvgIpc) is 3.55. The van der Waals surface area contributed by atoms with Crippen molar-refractivity contribution in [3.63, 3.8) is 0 Å². The van der Waals surface area contributed by atoms with Gasteiger partial charge < -0.3 is 19.9 Å². The molecule has 7 nitrogen and oxygen atoms in total. The van der Waals surface area contributed by atoms with E-state index >= 15 is 0 Å². The molecule has 3 atom stereocenters. The Hall–Kier alpha value is -2.33. The Bertz CT molecular complexity index is 1200. The van der Waals surface area contributed by atoms with Gasteiger partial charge in [-0.25, -0.2) is 4.98 Å². The largest absolute Gasteiger partial charge is 0.616 e. The number of benzene rings is 1. The second-order valence-electron chi connectivity index (χ2n) is 10.3. The van der Waals surface area contributed by atoms with E-state index in [-0.39, 0.29) is 5.91 Å². The fourth-order valence-corrected chi connectivity index (χ4v) is 7.48. The summed E-state index contributed by atoms with van der Waals surface area (Å²) in [4.78, 5) is 20.2. The van der Waals surface area contributed by atoms with Gasteiger partial charge in [0.25, 0.3) is 0 Å². The molecule has 2 heterocycles. The Morgan fingerprint density at radius 2 is 1.89 bits per heavy atom. The third-order valence-electron chi connectivity index (χ3n) is 7.67. The van der Waals surface area contributed by atoms with Crippen molar-refractivity contribution in [2.45, 2.75) is 62.3 Å². The van der Waals surface area contributed by atoms with Gasteiger partial charge in [-0.05, 0) is 43.4 Å². The number of aliphatic hydroxyl groups excluding tert-OH is 1. The van der Waals surface area contributed by atoms with Crippen molar-refractivity contribution >= 4 is 34.1 Å². The third kappa shape index (κ3) is 5.66. The van der Waals surface area contributed by atoms with Gasteiger partial charge in [-0.2, -0.15) is 18.4 Å². The van der Waals surface area contributed by atoms with E-state index in [1.807, 2.05) is 24.3 Å². The third-order valence-corrected chi connectivity index (χ3v) is 10.1. The molecule has 1 amide bonds. The summed E-state index contributed by atoms with van der Waals surface area (Å²) in [6.45, 7) is 1.34. The Morgan fingerprint density at radius 1 is 1.24 bits per heavy atom. The van der Waals surface area contributed by atoms with Gasteiger partial charge in [0.1, 0.15) is 22.1 Å². The minimum atomic E-state index is -4.86. The van der Waals surface area contributed by atoms with Gasteiger partial charge in [0.15, 0.2) is 0 Å². The highest BCUT2D eigenvalue weighted by Gasteiger charge is 2.48. The number of nitriles is 1. The number of amides is 1. The maximum Gasteiger partial charge on any atom is 0.420 e. The van der Waals surface area contributed by atoms with Crippen LogP contribution in [0.2, 0.25) is 0 Å². The van der Waals surface area contributed by atoms with Gasteiger partial charge >= 0.3 is 6.18 Å². The minimum absolute atomic E-state index is 0.261. The highest BCUT2D eigenvalue weighted by Crippen LogP contribution is 2.47. The Kier molecular flexibility index (Phi) is 7.66. The molecular formula is C26H29F3N4O3S2. The summed E-state index contributed by atoms with van der Waals surface area (Å²) >= 11 is -0.00153. The van der Waals surface area contributed by atoms with E-state index in [0.717, 1.165) is 29.9 Å². The van der Waals surface area contributed by atoms with Crippen LogP contribution < -0.4 is 10.2 Å². The van der Waals surface area contributed by atoms with Gasteiger partial charge in [-0.15, -0.1) is 11.3 Å². The first-order valence-corrected chi connectivity index (χ1v) is 15.1. The number of alkyl halides is 3. The van der Waals surface area contributed by atoms with E-state index < -0.39 is 45.8 Å². The summed E-state index contributed by atoms with van der Waals surface area (Å²) < 4.78 is 52.0. The lowest BCUT2D eigenvalue weighted by Gasteiger charge is -2.31. The number of anilines is 1. The number of aliphatic hydroxyl groups is 1. The summed E-state index contributed by atoms with van der Waals surface area (Å²) in [5.74, 6) is -0.00588. The molecule has 5 rings (SSSR count). The van der Waals surface area contributed by atoms with E-state index in [1.54, 1.807) is 0 Å². The molecule has 2 aromatic rings. The monoisotopic (exact) mass is 566 g/mol. The van der Waals surface area contributed by atoms with E-state index in [4.69, 9.17) is 0 Å². The molecule has 38 heavy (non-hydrogen) atoms. The Balaban J connectivity index is 1.48. The van der Waals surface area contributed by atoms with Crippen LogP contribution in [0.1, 0.15) is 61.2 Å². The van der Waals surface area contributed by atoms with E-state index in [1.165, 1.54) is 0 Å². The quantitative estimate of drug-likeness (QED) is 0.501. The maximum atomic E-state index is 13.4. The number of rotatable bonds is 6. The van der Waals surface area contributed by atoms with Crippen LogP contribution in [0.4, 0.5) is 18.9 Å². The summed E-state index contributed by atoms with van der Waals surface area (Å²) in [6.07, 6.45) is -3.63. The summed E-state index contributed by atoms with van der Waals surface area (Å²) in [5.41, 5.74) is 1.17. The molecule has 0 spiro atoms. The molecule has 3 fully saturated rings. The lowest BCUT2D eigenvalue weighted by atomic mass is 9.76. The molecule has 1 unspecified atom stereocenters. The van der Waals surface area contributed by atoms with E-state index in [0.29, 0.717) is 66.4 Å². The lowest BCUT2D eigenvalue weighted by Crippen LogP contribution is -2.42. The fraction of sp³-hybridized carbons (Fsp3) is 0.577. The number of halogens is 3. The van der Waals surface area contributed by atoms with Crippen molar-refractivity contribution < 1.29 is 27.6 Å². The summed E-state index contributed by atoms with van der Waals surface area (Å²) in [5, 5.41) is 21.9. The van der Waals surface area contributed by atoms with Gasteiger partial charge in [-0.1, -0.05) is 36.2 Å². The van der Waals surface area contributed by atoms with E-state index in [2.05, 4.69) is 21.3 Å². The summed E-state index contributed by atoms with van der Waals surface area (Å²) in [7, 11) is 0. The molecule has 1 saturated heterocycles. The molecule has 12 heteroatoms. The van der Waals surface area contributed by atoms with Crippen LogP contribution in [-0.4, -0.2) is 56.9 Å². The predicted octanol–water partition coefficient (Wildman–Crippen LogP) is 4.42. The molecule has 1 aliphatic heterocycles. The number of thiazole rings is 1. The zero-order valence-corrected chi connectivity index (χ0v) is 22.3. The predicted molar refractivity (Wildman–Crippen MR) is 139 cm³/mol. The minimum Gasteiger partial charge on any atom is -0.616 e. The number of hydrogen-bond acceptors (Lipinski definition) is 7. The second kappa shape index (κ2) is 10.7. The zero-order chi connectivity index (χ0) is 27.1. The highest BCUT2D eigenvalue weighted by atomic mass is 32.2. The van der Waals surface area contributed by atoms with Crippen molar-refractivity contribution in [1.29, 1.82) is 5.26 Å². The van der Waals surface area contributed by atoms with Crippen LogP contribution in [-0.2, 0) is 16.0 Å². The smallest absolute Gasteiger partial charge is 0.420 e. The zero-order valence-electron chi connectivity index (χ0n) is 20.7. The molecule has 204 valence electrons. The maximum absolute atomic E-state index is 13.4. The van der Waals surface area contributed by atoms with Crippen molar-refractivity contribution in [2.75, 3.05) is 29.5 Å². The molecule has 2 aliphatic carbocycles. The van der Waals surface area contributed by atoms with Crippen molar-refractivity contribution in [2.24, 2.45) is 5.92 Å². The second-order valence-corrected chi connectivity index (χ2v) is 13.0. The van der Waals surface area contributed by atoms with E-state index in [9.17, 15) is 32.9 Å².